The highest BCUT2D eigenvalue weighted by atomic mass is 35.5. The highest BCUT2D eigenvalue weighted by Crippen LogP contribution is 2.43. The second-order valence-corrected chi connectivity index (χ2v) is 11.9. The highest BCUT2D eigenvalue weighted by Gasteiger charge is 2.52. The Hall–Kier alpha value is -3.06. The molecule has 0 saturated carbocycles. The van der Waals surface area contributed by atoms with Crippen molar-refractivity contribution in [1.82, 2.24) is 9.80 Å². The molecule has 2 aliphatic heterocycles. The third-order valence-corrected chi connectivity index (χ3v) is 7.23. The summed E-state index contributed by atoms with van der Waals surface area (Å²) in [5.41, 5.74) is 0.404. The van der Waals surface area contributed by atoms with Crippen LogP contribution in [-0.2, 0) is 20.7 Å². The van der Waals surface area contributed by atoms with E-state index in [2.05, 4.69) is 0 Å². The SMILES string of the molecule is CC(C)(C)OC(=O)N1C(C(C(=O)N2C(=O)OCC2Cc2ccccc2)c2cccc(Cl)c2)CCC1(C)C. The van der Waals surface area contributed by atoms with E-state index in [1.807, 2.05) is 71.0 Å². The molecule has 8 heteroatoms. The number of halogens is 1. The molecule has 37 heavy (non-hydrogen) atoms. The van der Waals surface area contributed by atoms with Gasteiger partial charge in [0.05, 0.1) is 18.0 Å². The van der Waals surface area contributed by atoms with Gasteiger partial charge in [-0.3, -0.25) is 9.69 Å². The fourth-order valence-electron chi connectivity index (χ4n) is 5.36. The lowest BCUT2D eigenvalue weighted by Crippen LogP contribution is -2.54. The zero-order valence-corrected chi connectivity index (χ0v) is 22.8. The van der Waals surface area contributed by atoms with Gasteiger partial charge in [0.15, 0.2) is 0 Å². The summed E-state index contributed by atoms with van der Waals surface area (Å²) < 4.78 is 11.1. The van der Waals surface area contributed by atoms with Crippen molar-refractivity contribution in [3.05, 3.63) is 70.7 Å². The molecule has 2 aromatic carbocycles. The molecular formula is C29H35ClN2O5. The topological polar surface area (TPSA) is 76.2 Å². The molecule has 2 heterocycles. The second-order valence-electron chi connectivity index (χ2n) is 11.4. The lowest BCUT2D eigenvalue weighted by Gasteiger charge is -2.40. The molecule has 0 aromatic heterocycles. The van der Waals surface area contributed by atoms with Gasteiger partial charge in [-0.25, -0.2) is 14.5 Å². The van der Waals surface area contributed by atoms with Crippen LogP contribution in [0.15, 0.2) is 54.6 Å². The van der Waals surface area contributed by atoms with Crippen molar-refractivity contribution in [2.75, 3.05) is 6.61 Å². The highest BCUT2D eigenvalue weighted by molar-refractivity contribution is 6.30. The van der Waals surface area contributed by atoms with Crippen molar-refractivity contribution in [3.8, 4) is 0 Å². The number of rotatable bonds is 5. The van der Waals surface area contributed by atoms with E-state index < -0.39 is 47.2 Å². The number of benzene rings is 2. The quantitative estimate of drug-likeness (QED) is 0.464. The molecule has 198 valence electrons. The van der Waals surface area contributed by atoms with Crippen LogP contribution in [0.1, 0.15) is 64.5 Å². The molecular weight excluding hydrogens is 492 g/mol. The zero-order valence-electron chi connectivity index (χ0n) is 22.1. The number of imide groups is 1. The van der Waals surface area contributed by atoms with Crippen LogP contribution in [0, 0.1) is 0 Å². The van der Waals surface area contributed by atoms with Crippen LogP contribution in [0.4, 0.5) is 9.59 Å². The average molecular weight is 527 g/mol. The Morgan fingerprint density at radius 2 is 1.84 bits per heavy atom. The van der Waals surface area contributed by atoms with Gasteiger partial charge in [0.1, 0.15) is 12.2 Å². The van der Waals surface area contributed by atoms with Gasteiger partial charge >= 0.3 is 12.2 Å². The molecule has 3 amide bonds. The molecule has 2 saturated heterocycles. The summed E-state index contributed by atoms with van der Waals surface area (Å²) in [5.74, 6) is -1.22. The molecule has 0 bridgehead atoms. The Morgan fingerprint density at radius 1 is 1.14 bits per heavy atom. The average Bonchev–Trinajstić information content (AvgIpc) is 3.32. The van der Waals surface area contributed by atoms with Gasteiger partial charge in [-0.15, -0.1) is 0 Å². The van der Waals surface area contributed by atoms with Gasteiger partial charge in [0.2, 0.25) is 5.91 Å². The number of carbonyl (C=O) groups excluding carboxylic acids is 3. The third-order valence-electron chi connectivity index (χ3n) is 7.00. The number of cyclic esters (lactones) is 1. The van der Waals surface area contributed by atoms with Gasteiger partial charge in [-0.05, 0) is 77.1 Å². The Morgan fingerprint density at radius 3 is 2.49 bits per heavy atom. The van der Waals surface area contributed by atoms with E-state index in [4.69, 9.17) is 21.1 Å². The van der Waals surface area contributed by atoms with Crippen LogP contribution < -0.4 is 0 Å². The maximum absolute atomic E-state index is 14.3. The maximum atomic E-state index is 14.3. The minimum atomic E-state index is -0.822. The Balaban J connectivity index is 1.74. The van der Waals surface area contributed by atoms with Crippen molar-refractivity contribution >= 4 is 29.7 Å². The summed E-state index contributed by atoms with van der Waals surface area (Å²) in [7, 11) is 0. The maximum Gasteiger partial charge on any atom is 0.417 e. The molecule has 7 nitrogen and oxygen atoms in total. The molecule has 3 atom stereocenters. The predicted molar refractivity (Wildman–Crippen MR) is 141 cm³/mol. The first kappa shape index (κ1) is 27.0. The summed E-state index contributed by atoms with van der Waals surface area (Å²) in [4.78, 5) is 43.6. The number of hydrogen-bond acceptors (Lipinski definition) is 5. The van der Waals surface area contributed by atoms with E-state index in [9.17, 15) is 14.4 Å². The van der Waals surface area contributed by atoms with Crippen molar-refractivity contribution < 1.29 is 23.9 Å². The number of hydrogen-bond donors (Lipinski definition) is 0. The zero-order chi connectivity index (χ0) is 27.0. The minimum absolute atomic E-state index is 0.119. The summed E-state index contributed by atoms with van der Waals surface area (Å²) in [6, 6.07) is 15.8. The standard InChI is InChI=1S/C29H35ClN2O5/c1-28(2,3)37-27(35)32-23(14-15-29(32,4)5)24(20-12-9-13-21(30)17-20)25(33)31-22(18-36-26(31)34)16-19-10-7-6-8-11-19/h6-13,17,22-24H,14-16,18H2,1-5H3. The van der Waals surface area contributed by atoms with Crippen LogP contribution in [0.2, 0.25) is 5.02 Å². The largest absolute Gasteiger partial charge is 0.447 e. The summed E-state index contributed by atoms with van der Waals surface area (Å²) in [5, 5.41) is 0.473. The minimum Gasteiger partial charge on any atom is -0.447 e. The summed E-state index contributed by atoms with van der Waals surface area (Å²) in [6.07, 6.45) is 0.580. The van der Waals surface area contributed by atoms with Crippen molar-refractivity contribution in [2.45, 2.75) is 83.0 Å². The normalized spacial score (nSPS) is 22.1. The van der Waals surface area contributed by atoms with Crippen molar-refractivity contribution in [3.63, 3.8) is 0 Å². The number of carbonyl (C=O) groups is 3. The first-order valence-corrected chi connectivity index (χ1v) is 13.1. The summed E-state index contributed by atoms with van der Waals surface area (Å²) in [6.45, 7) is 9.51. The molecule has 0 aliphatic carbocycles. The molecule has 4 rings (SSSR count). The fourth-order valence-corrected chi connectivity index (χ4v) is 5.55. The Labute approximate surface area is 223 Å². The lowest BCUT2D eigenvalue weighted by molar-refractivity contribution is -0.132. The van der Waals surface area contributed by atoms with Gasteiger partial charge < -0.3 is 9.47 Å². The van der Waals surface area contributed by atoms with Gasteiger partial charge in [-0.1, -0.05) is 54.1 Å². The number of ether oxygens (including phenoxy) is 2. The van der Waals surface area contributed by atoms with Crippen LogP contribution in [0.5, 0.6) is 0 Å². The van der Waals surface area contributed by atoms with Crippen LogP contribution >= 0.6 is 11.6 Å². The second kappa shape index (κ2) is 10.4. The van der Waals surface area contributed by atoms with Crippen molar-refractivity contribution in [2.24, 2.45) is 0 Å². The third kappa shape index (κ3) is 5.93. The first-order valence-electron chi connectivity index (χ1n) is 12.7. The van der Waals surface area contributed by atoms with E-state index in [1.165, 1.54) is 4.90 Å². The van der Waals surface area contributed by atoms with Gasteiger partial charge in [0.25, 0.3) is 0 Å². The van der Waals surface area contributed by atoms with Gasteiger partial charge in [0, 0.05) is 10.6 Å². The van der Waals surface area contributed by atoms with E-state index in [0.717, 1.165) is 5.56 Å². The van der Waals surface area contributed by atoms with E-state index in [-0.39, 0.29) is 6.61 Å². The van der Waals surface area contributed by atoms with E-state index in [0.29, 0.717) is 29.8 Å². The first-order chi connectivity index (χ1) is 17.4. The Kier molecular flexibility index (Phi) is 7.56. The molecule has 0 spiro atoms. The Bertz CT molecular complexity index is 1160. The number of likely N-dealkylation sites (tertiary alicyclic amines) is 1. The summed E-state index contributed by atoms with van der Waals surface area (Å²) >= 11 is 6.34. The predicted octanol–water partition coefficient (Wildman–Crippen LogP) is 6.19. The number of amides is 3. The van der Waals surface area contributed by atoms with Gasteiger partial charge in [-0.2, -0.15) is 0 Å². The fraction of sp³-hybridized carbons (Fsp3) is 0.483. The molecule has 3 unspecified atom stereocenters. The van der Waals surface area contributed by atoms with E-state index in [1.54, 1.807) is 23.1 Å². The number of nitrogens with zero attached hydrogens (tertiary/aromatic N) is 2. The van der Waals surface area contributed by atoms with Crippen LogP contribution in [0.3, 0.4) is 0 Å². The molecule has 0 radical (unpaired) electrons. The smallest absolute Gasteiger partial charge is 0.417 e. The molecule has 2 aromatic rings. The van der Waals surface area contributed by atoms with Crippen LogP contribution in [-0.4, -0.2) is 57.7 Å². The lowest BCUT2D eigenvalue weighted by atomic mass is 9.88. The van der Waals surface area contributed by atoms with Crippen molar-refractivity contribution in [1.29, 1.82) is 0 Å². The monoisotopic (exact) mass is 526 g/mol. The molecule has 2 aliphatic rings. The van der Waals surface area contributed by atoms with E-state index >= 15 is 0 Å². The molecule has 0 N–H and O–H groups in total. The molecule has 2 fully saturated rings. The van der Waals surface area contributed by atoms with Crippen LogP contribution in [0.25, 0.3) is 0 Å².